The highest BCUT2D eigenvalue weighted by Crippen LogP contribution is 2.24. The lowest BCUT2D eigenvalue weighted by Crippen LogP contribution is -2.22. The molecule has 0 radical (unpaired) electrons. The van der Waals surface area contributed by atoms with Crippen molar-refractivity contribution < 1.29 is 14.3 Å². The van der Waals surface area contributed by atoms with Crippen LogP contribution in [-0.2, 0) is 16.0 Å². The summed E-state index contributed by atoms with van der Waals surface area (Å²) in [7, 11) is 0. The topological polar surface area (TPSA) is 79.5 Å². The number of para-hydroxylation sites is 2. The number of hydrogen-bond acceptors (Lipinski definition) is 4. The van der Waals surface area contributed by atoms with Crippen molar-refractivity contribution >= 4 is 28.9 Å². The minimum absolute atomic E-state index is 0.113. The molecule has 0 aliphatic carbocycles. The second-order valence-corrected chi connectivity index (χ2v) is 7.09. The van der Waals surface area contributed by atoms with E-state index in [4.69, 9.17) is 4.74 Å². The molecule has 3 rings (SSSR count). The van der Waals surface area contributed by atoms with Gasteiger partial charge in [-0.3, -0.25) is 9.59 Å². The first-order chi connectivity index (χ1) is 15.1. The maximum atomic E-state index is 12.4. The molecule has 6 nitrogen and oxygen atoms in total. The van der Waals surface area contributed by atoms with Gasteiger partial charge in [0, 0.05) is 18.3 Å². The molecule has 160 valence electrons. The van der Waals surface area contributed by atoms with Crippen molar-refractivity contribution in [1.29, 1.82) is 0 Å². The van der Waals surface area contributed by atoms with Crippen molar-refractivity contribution in [1.82, 2.24) is 0 Å². The molecule has 0 aromatic heterocycles. The first kappa shape index (κ1) is 21.9. The van der Waals surface area contributed by atoms with Crippen LogP contribution in [0.15, 0.2) is 78.9 Å². The number of nitrogens with one attached hydrogen (secondary N) is 3. The van der Waals surface area contributed by atoms with E-state index in [1.54, 1.807) is 12.1 Å². The number of rotatable bonds is 10. The molecule has 31 heavy (non-hydrogen) atoms. The SMILES string of the molecule is CC(=O)Nc1ccc(NCC(=O)Nc2ccccc2OCCCc2ccccc2)cc1. The summed E-state index contributed by atoms with van der Waals surface area (Å²) in [6.07, 6.45) is 1.84. The van der Waals surface area contributed by atoms with Gasteiger partial charge in [-0.25, -0.2) is 0 Å². The number of amides is 2. The van der Waals surface area contributed by atoms with Gasteiger partial charge in [-0.05, 0) is 54.8 Å². The third-order valence-electron chi connectivity index (χ3n) is 4.53. The highest BCUT2D eigenvalue weighted by molar-refractivity contribution is 5.95. The van der Waals surface area contributed by atoms with E-state index in [0.717, 1.165) is 18.5 Å². The van der Waals surface area contributed by atoms with Crippen LogP contribution in [0.5, 0.6) is 5.75 Å². The minimum atomic E-state index is -0.175. The van der Waals surface area contributed by atoms with Gasteiger partial charge in [-0.15, -0.1) is 0 Å². The number of benzene rings is 3. The Labute approximate surface area is 182 Å². The third kappa shape index (κ3) is 7.51. The van der Waals surface area contributed by atoms with Crippen LogP contribution >= 0.6 is 0 Å². The first-order valence-corrected chi connectivity index (χ1v) is 10.3. The van der Waals surface area contributed by atoms with E-state index >= 15 is 0 Å². The molecule has 0 saturated carbocycles. The van der Waals surface area contributed by atoms with Gasteiger partial charge in [0.25, 0.3) is 0 Å². The number of carbonyl (C=O) groups excluding carboxylic acids is 2. The number of hydrogen-bond donors (Lipinski definition) is 3. The maximum Gasteiger partial charge on any atom is 0.243 e. The second-order valence-electron chi connectivity index (χ2n) is 7.09. The molecular formula is C25H27N3O3. The van der Waals surface area contributed by atoms with Gasteiger partial charge in [0.2, 0.25) is 11.8 Å². The van der Waals surface area contributed by atoms with Crippen LogP contribution in [-0.4, -0.2) is 25.0 Å². The molecule has 0 unspecified atom stereocenters. The molecule has 2 amide bonds. The van der Waals surface area contributed by atoms with Gasteiger partial charge < -0.3 is 20.7 Å². The predicted octanol–water partition coefficient (Wildman–Crippen LogP) is 4.71. The molecule has 3 N–H and O–H groups in total. The highest BCUT2D eigenvalue weighted by atomic mass is 16.5. The van der Waals surface area contributed by atoms with Gasteiger partial charge in [0.1, 0.15) is 5.75 Å². The molecule has 0 fully saturated rings. The van der Waals surface area contributed by atoms with Crippen LogP contribution in [0.4, 0.5) is 17.1 Å². The Morgan fingerprint density at radius 1 is 0.806 bits per heavy atom. The molecule has 0 spiro atoms. The minimum Gasteiger partial charge on any atom is -0.491 e. The lowest BCUT2D eigenvalue weighted by Gasteiger charge is -2.13. The molecule has 0 aliphatic heterocycles. The molecule has 6 heteroatoms. The summed E-state index contributed by atoms with van der Waals surface area (Å²) < 4.78 is 5.90. The Hall–Kier alpha value is -3.80. The van der Waals surface area contributed by atoms with Crippen LogP contribution in [0.25, 0.3) is 0 Å². The quantitative estimate of drug-likeness (QED) is 0.418. The summed E-state index contributed by atoms with van der Waals surface area (Å²) in [5.41, 5.74) is 3.43. The zero-order chi connectivity index (χ0) is 21.9. The van der Waals surface area contributed by atoms with E-state index in [9.17, 15) is 9.59 Å². The predicted molar refractivity (Wildman–Crippen MR) is 125 cm³/mol. The summed E-state index contributed by atoms with van der Waals surface area (Å²) in [4.78, 5) is 23.5. The van der Waals surface area contributed by atoms with Gasteiger partial charge in [-0.1, -0.05) is 42.5 Å². The smallest absolute Gasteiger partial charge is 0.243 e. The Kier molecular flexibility index (Phi) is 8.05. The largest absolute Gasteiger partial charge is 0.491 e. The molecule has 0 aliphatic rings. The van der Waals surface area contributed by atoms with E-state index < -0.39 is 0 Å². The first-order valence-electron chi connectivity index (χ1n) is 10.3. The average molecular weight is 418 g/mol. The van der Waals surface area contributed by atoms with Gasteiger partial charge in [0.05, 0.1) is 18.8 Å². The molecule has 3 aromatic rings. The van der Waals surface area contributed by atoms with Crippen LogP contribution in [0.3, 0.4) is 0 Å². The van der Waals surface area contributed by atoms with Gasteiger partial charge >= 0.3 is 0 Å². The Bertz CT molecular complexity index is 988. The Morgan fingerprint density at radius 3 is 2.23 bits per heavy atom. The average Bonchev–Trinajstić information content (AvgIpc) is 2.77. The van der Waals surface area contributed by atoms with Crippen molar-refractivity contribution in [2.75, 3.05) is 29.1 Å². The number of ether oxygens (including phenoxy) is 1. The van der Waals surface area contributed by atoms with Gasteiger partial charge in [0.15, 0.2) is 0 Å². The molecule has 0 saturated heterocycles. The van der Waals surface area contributed by atoms with E-state index in [0.29, 0.717) is 23.7 Å². The normalized spacial score (nSPS) is 10.2. The molecule has 0 atom stereocenters. The van der Waals surface area contributed by atoms with Crippen molar-refractivity contribution in [3.8, 4) is 5.75 Å². The lowest BCUT2D eigenvalue weighted by atomic mass is 10.1. The summed E-state index contributed by atoms with van der Waals surface area (Å²) in [5, 5.41) is 8.67. The fraction of sp³-hybridized carbons (Fsp3) is 0.200. The van der Waals surface area contributed by atoms with E-state index in [-0.39, 0.29) is 18.4 Å². The summed E-state index contributed by atoms with van der Waals surface area (Å²) in [6.45, 7) is 2.14. The Balaban J connectivity index is 1.45. The molecule has 3 aromatic carbocycles. The molecule has 0 bridgehead atoms. The fourth-order valence-electron chi connectivity index (χ4n) is 3.05. The highest BCUT2D eigenvalue weighted by Gasteiger charge is 2.08. The number of anilines is 3. The monoisotopic (exact) mass is 417 g/mol. The zero-order valence-corrected chi connectivity index (χ0v) is 17.6. The lowest BCUT2D eigenvalue weighted by molar-refractivity contribution is -0.115. The van der Waals surface area contributed by atoms with Crippen molar-refractivity contribution in [2.45, 2.75) is 19.8 Å². The number of carbonyl (C=O) groups is 2. The molecule has 0 heterocycles. The summed E-state index contributed by atoms with van der Waals surface area (Å²) in [5.74, 6) is 0.357. The van der Waals surface area contributed by atoms with Crippen LogP contribution in [0.2, 0.25) is 0 Å². The zero-order valence-electron chi connectivity index (χ0n) is 17.6. The Morgan fingerprint density at radius 2 is 1.48 bits per heavy atom. The summed E-state index contributed by atoms with van der Waals surface area (Å²) in [6, 6.07) is 24.9. The second kappa shape index (κ2) is 11.4. The van der Waals surface area contributed by atoms with Crippen molar-refractivity contribution in [3.63, 3.8) is 0 Å². The standard InChI is InChI=1S/C25H27N3O3/c1-19(29)27-22-15-13-21(14-16-22)26-18-25(30)28-23-11-5-6-12-24(23)31-17-7-10-20-8-3-2-4-9-20/h2-6,8-9,11-16,26H,7,10,17-18H2,1H3,(H,27,29)(H,28,30). The van der Waals surface area contributed by atoms with Crippen LogP contribution < -0.4 is 20.7 Å². The third-order valence-corrected chi connectivity index (χ3v) is 4.53. The number of aryl methyl sites for hydroxylation is 1. The van der Waals surface area contributed by atoms with Crippen LogP contribution in [0, 0.1) is 0 Å². The summed E-state index contributed by atoms with van der Waals surface area (Å²) >= 11 is 0. The van der Waals surface area contributed by atoms with E-state index in [1.165, 1.54) is 12.5 Å². The van der Waals surface area contributed by atoms with E-state index in [1.807, 2.05) is 54.6 Å². The fourth-order valence-corrected chi connectivity index (χ4v) is 3.05. The van der Waals surface area contributed by atoms with Crippen LogP contribution in [0.1, 0.15) is 18.9 Å². The van der Waals surface area contributed by atoms with Crippen molar-refractivity contribution in [3.05, 3.63) is 84.4 Å². The maximum absolute atomic E-state index is 12.4. The molecular weight excluding hydrogens is 390 g/mol. The van der Waals surface area contributed by atoms with Gasteiger partial charge in [-0.2, -0.15) is 0 Å². The van der Waals surface area contributed by atoms with Crippen molar-refractivity contribution in [2.24, 2.45) is 0 Å². The van der Waals surface area contributed by atoms with E-state index in [2.05, 4.69) is 28.1 Å².